The lowest BCUT2D eigenvalue weighted by Crippen LogP contribution is -2.44. The van der Waals surface area contributed by atoms with E-state index < -0.39 is 6.10 Å². The number of benzene rings is 2. The number of thioether (sulfide) groups is 1. The van der Waals surface area contributed by atoms with Gasteiger partial charge in [-0.1, -0.05) is 67.6 Å². The normalized spacial score (nSPS) is 22.1. The van der Waals surface area contributed by atoms with E-state index in [9.17, 15) is 5.11 Å². The van der Waals surface area contributed by atoms with Crippen molar-refractivity contribution in [2.75, 3.05) is 24.5 Å². The average molecular weight is 515 g/mol. The van der Waals surface area contributed by atoms with E-state index in [4.69, 9.17) is 10.7 Å². The first-order valence-corrected chi connectivity index (χ1v) is 14.2. The van der Waals surface area contributed by atoms with Gasteiger partial charge in [0.25, 0.3) is 0 Å². The van der Waals surface area contributed by atoms with Crippen LogP contribution in [0.2, 0.25) is 0 Å². The van der Waals surface area contributed by atoms with Crippen molar-refractivity contribution in [1.29, 1.82) is 0 Å². The fourth-order valence-corrected chi connectivity index (χ4v) is 7.09. The molecule has 0 saturated carbocycles. The zero-order valence-corrected chi connectivity index (χ0v) is 22.0. The molecule has 192 valence electrons. The molecule has 3 atom stereocenters. The van der Waals surface area contributed by atoms with Crippen molar-refractivity contribution in [2.24, 2.45) is 15.7 Å². The van der Waals surface area contributed by atoms with Crippen molar-refractivity contribution in [3.63, 3.8) is 0 Å². The fraction of sp³-hybridized carbons (Fsp3) is 0.414. The molecule has 7 nitrogen and oxygen atoms in total. The molecule has 0 spiro atoms. The summed E-state index contributed by atoms with van der Waals surface area (Å²) in [7, 11) is 0. The number of pyridine rings is 1. The first kappa shape index (κ1) is 24.4. The average Bonchev–Trinajstić information content (AvgIpc) is 3.32. The molecule has 0 radical (unpaired) electrons. The van der Waals surface area contributed by atoms with Gasteiger partial charge >= 0.3 is 0 Å². The van der Waals surface area contributed by atoms with E-state index in [1.807, 2.05) is 24.3 Å². The molecule has 4 N–H and O–H groups in total. The van der Waals surface area contributed by atoms with E-state index in [1.54, 1.807) is 18.1 Å². The minimum Gasteiger partial charge on any atom is -0.387 e. The van der Waals surface area contributed by atoms with Gasteiger partial charge in [-0.3, -0.25) is 4.99 Å². The summed E-state index contributed by atoms with van der Waals surface area (Å²) in [6.45, 7) is 4.66. The number of aliphatic hydroxyl groups excluding tert-OH is 1. The summed E-state index contributed by atoms with van der Waals surface area (Å²) in [5.41, 5.74) is 9.78. The number of nitrogens with one attached hydrogen (secondary N) is 1. The number of nitrogens with two attached hydrogens (primary N) is 1. The molecule has 6 rings (SSSR count). The van der Waals surface area contributed by atoms with Crippen LogP contribution in [-0.2, 0) is 6.42 Å². The Kier molecular flexibility index (Phi) is 6.88. The number of hydrogen-bond donors (Lipinski definition) is 3. The molecular weight excluding hydrogens is 480 g/mol. The highest BCUT2D eigenvalue weighted by atomic mass is 32.2. The van der Waals surface area contributed by atoms with Gasteiger partial charge in [0.1, 0.15) is 23.0 Å². The highest BCUT2D eigenvalue weighted by Gasteiger charge is 2.40. The Labute approximate surface area is 222 Å². The minimum atomic E-state index is -0.529. The van der Waals surface area contributed by atoms with Crippen LogP contribution in [0.4, 0.5) is 5.82 Å². The number of piperidine rings is 1. The molecule has 3 aliphatic heterocycles. The number of aliphatic imine (C=N–C) groups is 2. The quantitative estimate of drug-likeness (QED) is 0.432. The second-order valence-electron chi connectivity index (χ2n) is 10.2. The molecule has 1 saturated heterocycles. The molecule has 0 aliphatic carbocycles. The van der Waals surface area contributed by atoms with Gasteiger partial charge in [-0.05, 0) is 47.2 Å². The molecule has 0 amide bonds. The maximum absolute atomic E-state index is 10.9. The highest BCUT2D eigenvalue weighted by molar-refractivity contribution is 8.01. The predicted octanol–water partition coefficient (Wildman–Crippen LogP) is 4.39. The summed E-state index contributed by atoms with van der Waals surface area (Å²) in [6, 6.07) is 17.1. The zero-order chi connectivity index (χ0) is 25.4. The van der Waals surface area contributed by atoms with E-state index in [2.05, 4.69) is 51.4 Å². The Morgan fingerprint density at radius 1 is 1.16 bits per heavy atom. The van der Waals surface area contributed by atoms with Gasteiger partial charge in [0.05, 0.1) is 17.4 Å². The predicted molar refractivity (Wildman–Crippen MR) is 153 cm³/mol. The number of fused-ring (bicyclic) bond motifs is 4. The monoisotopic (exact) mass is 514 g/mol. The molecule has 0 bridgehead atoms. The number of aliphatic hydroxyl groups is 1. The third-order valence-electron chi connectivity index (χ3n) is 7.76. The van der Waals surface area contributed by atoms with Crippen molar-refractivity contribution in [3.05, 3.63) is 65.2 Å². The summed E-state index contributed by atoms with van der Waals surface area (Å²) < 4.78 is 0. The number of rotatable bonds is 7. The van der Waals surface area contributed by atoms with Crippen LogP contribution in [-0.4, -0.2) is 53.2 Å². The van der Waals surface area contributed by atoms with Gasteiger partial charge in [-0.2, -0.15) is 0 Å². The van der Waals surface area contributed by atoms with Gasteiger partial charge in [0.15, 0.2) is 0 Å². The maximum Gasteiger partial charge on any atom is 0.130 e. The van der Waals surface area contributed by atoms with Gasteiger partial charge < -0.3 is 21.1 Å². The second-order valence-corrected chi connectivity index (χ2v) is 11.3. The molecule has 2 aromatic carbocycles. The Morgan fingerprint density at radius 3 is 2.81 bits per heavy atom. The van der Waals surface area contributed by atoms with Crippen molar-refractivity contribution < 1.29 is 5.11 Å². The summed E-state index contributed by atoms with van der Waals surface area (Å²) in [4.78, 5) is 16.4. The summed E-state index contributed by atoms with van der Waals surface area (Å²) >= 11 is 1.71. The van der Waals surface area contributed by atoms with E-state index in [0.717, 1.165) is 66.0 Å². The standard InChI is InChI=1S/C29H34N6OS/c1-2-6-19-15-24(34-29-25(19)26-27(37-29)28(30)33-17-32-26)35-13-11-20(12-14-35)31-16-23(36)22-10-5-8-18-7-3-4-9-21(18)22/h3-5,7-10,15,17,20,23,26-27,31,36H,2,6,11-14,16H2,1H3,(H2,30,32,33). The van der Waals surface area contributed by atoms with Crippen LogP contribution in [0.5, 0.6) is 0 Å². The molecule has 1 fully saturated rings. The van der Waals surface area contributed by atoms with Crippen LogP contribution in [0.1, 0.15) is 55.0 Å². The summed E-state index contributed by atoms with van der Waals surface area (Å²) in [5, 5.41) is 18.0. The smallest absolute Gasteiger partial charge is 0.130 e. The van der Waals surface area contributed by atoms with Crippen molar-refractivity contribution in [3.8, 4) is 0 Å². The van der Waals surface area contributed by atoms with Crippen LogP contribution in [0.15, 0.2) is 63.5 Å². The fourth-order valence-electron chi connectivity index (χ4n) is 5.81. The first-order valence-electron chi connectivity index (χ1n) is 13.3. The van der Waals surface area contributed by atoms with Crippen LogP contribution < -0.4 is 16.0 Å². The Morgan fingerprint density at radius 2 is 1.97 bits per heavy atom. The maximum atomic E-state index is 10.9. The van der Waals surface area contributed by atoms with Gasteiger partial charge in [-0.15, -0.1) is 0 Å². The van der Waals surface area contributed by atoms with E-state index in [-0.39, 0.29) is 11.3 Å². The number of nitrogens with zero attached hydrogens (tertiary/aromatic N) is 4. The molecule has 3 aromatic rings. The van der Waals surface area contributed by atoms with Gasteiger partial charge in [0, 0.05) is 31.2 Å². The topological polar surface area (TPSA) is 99.1 Å². The van der Waals surface area contributed by atoms with Crippen molar-refractivity contribution >= 4 is 40.5 Å². The summed E-state index contributed by atoms with van der Waals surface area (Å²) in [6.07, 6.45) is 5.20. The molecule has 4 heterocycles. The Bertz CT molecular complexity index is 1340. The molecule has 3 unspecified atom stereocenters. The van der Waals surface area contributed by atoms with Crippen LogP contribution >= 0.6 is 11.8 Å². The number of amidine groups is 1. The zero-order valence-electron chi connectivity index (χ0n) is 21.2. The number of hydrogen-bond acceptors (Lipinski definition) is 8. The van der Waals surface area contributed by atoms with Crippen LogP contribution in [0.25, 0.3) is 10.8 Å². The van der Waals surface area contributed by atoms with E-state index in [0.29, 0.717) is 18.4 Å². The number of anilines is 1. The summed E-state index contributed by atoms with van der Waals surface area (Å²) in [5.74, 6) is 1.70. The third-order valence-corrected chi connectivity index (χ3v) is 9.05. The molecular formula is C29H34N6OS. The Balaban J connectivity index is 1.11. The van der Waals surface area contributed by atoms with Crippen LogP contribution in [0.3, 0.4) is 0 Å². The molecule has 3 aliphatic rings. The first-order chi connectivity index (χ1) is 18.1. The van der Waals surface area contributed by atoms with E-state index in [1.165, 1.54) is 11.1 Å². The second kappa shape index (κ2) is 10.4. The van der Waals surface area contributed by atoms with Crippen molar-refractivity contribution in [2.45, 2.75) is 61.1 Å². The van der Waals surface area contributed by atoms with Gasteiger partial charge in [0.2, 0.25) is 0 Å². The lowest BCUT2D eigenvalue weighted by atomic mass is 9.96. The molecule has 1 aromatic heterocycles. The minimum absolute atomic E-state index is 0.0312. The third kappa shape index (κ3) is 4.74. The largest absolute Gasteiger partial charge is 0.387 e. The Hall–Kier alpha value is -2.94. The van der Waals surface area contributed by atoms with Crippen molar-refractivity contribution in [1.82, 2.24) is 10.3 Å². The van der Waals surface area contributed by atoms with E-state index >= 15 is 0 Å². The lowest BCUT2D eigenvalue weighted by Gasteiger charge is -2.34. The highest BCUT2D eigenvalue weighted by Crippen LogP contribution is 2.48. The lowest BCUT2D eigenvalue weighted by molar-refractivity contribution is 0.168. The van der Waals surface area contributed by atoms with Gasteiger partial charge in [-0.25, -0.2) is 9.98 Å². The number of aryl methyl sites for hydroxylation is 1. The number of aromatic nitrogens is 1. The van der Waals surface area contributed by atoms with Crippen LogP contribution in [0, 0.1) is 0 Å². The molecule has 8 heteroatoms. The SMILES string of the molecule is CCCc1cc(N2CCC(NCC(O)c3cccc4ccccc34)CC2)nc2c1C1N=CN=C(N)C1S2. The molecule has 37 heavy (non-hydrogen) atoms.